The number of carbonyl (C=O) groups is 2. The number of methoxy groups -OCH3 is 2. The van der Waals surface area contributed by atoms with Crippen LogP contribution in [-0.2, 0) is 12.1 Å². The van der Waals surface area contributed by atoms with Crippen molar-refractivity contribution in [2.24, 2.45) is 0 Å². The molecule has 2 aliphatic rings. The van der Waals surface area contributed by atoms with Crippen molar-refractivity contribution in [1.82, 2.24) is 9.80 Å². The number of hydrogen-bond acceptors (Lipinski definition) is 6. The van der Waals surface area contributed by atoms with E-state index in [1.165, 1.54) is 5.56 Å². The Labute approximate surface area is 199 Å². The fraction of sp³-hybridized carbons (Fsp3) is 0.286. The van der Waals surface area contributed by atoms with Crippen LogP contribution in [-0.4, -0.2) is 61.8 Å². The van der Waals surface area contributed by atoms with Crippen LogP contribution in [0, 0.1) is 0 Å². The van der Waals surface area contributed by atoms with E-state index in [1.54, 1.807) is 26.4 Å². The molecule has 174 valence electrons. The van der Waals surface area contributed by atoms with E-state index in [9.17, 15) is 9.59 Å². The Morgan fingerprint density at radius 3 is 1.94 bits per heavy atom. The van der Waals surface area contributed by atoms with Gasteiger partial charge in [-0.3, -0.25) is 19.4 Å². The Bertz CT molecular complexity index is 1200. The summed E-state index contributed by atoms with van der Waals surface area (Å²) < 4.78 is 10.8. The van der Waals surface area contributed by atoms with Crippen molar-refractivity contribution < 1.29 is 19.1 Å². The lowest BCUT2D eigenvalue weighted by Crippen LogP contribution is -2.60. The molecule has 0 spiro atoms. The van der Waals surface area contributed by atoms with E-state index in [0.29, 0.717) is 35.5 Å². The van der Waals surface area contributed by atoms with Crippen LogP contribution in [0.2, 0.25) is 0 Å². The van der Waals surface area contributed by atoms with E-state index in [2.05, 4.69) is 15.9 Å². The molecule has 1 aliphatic heterocycles. The number of fused-ring (bicyclic) bond motifs is 1. The molecule has 0 aromatic heterocycles. The predicted octanol–water partition coefficient (Wildman–Crippen LogP) is 3.80. The van der Waals surface area contributed by atoms with Gasteiger partial charge in [0.2, 0.25) is 0 Å². The molecule has 1 heterocycles. The van der Waals surface area contributed by atoms with E-state index in [4.69, 9.17) is 9.47 Å². The van der Waals surface area contributed by atoms with Crippen molar-refractivity contribution in [2.45, 2.75) is 12.1 Å². The highest BCUT2D eigenvalue weighted by molar-refractivity contribution is 6.32. The highest BCUT2D eigenvalue weighted by atomic mass is 16.5. The smallest absolute Gasteiger partial charge is 0.196 e. The number of ether oxygens (including phenoxy) is 2. The second-order valence-corrected chi connectivity index (χ2v) is 8.76. The summed E-state index contributed by atoms with van der Waals surface area (Å²) in [6.07, 6.45) is 0. The van der Waals surface area contributed by atoms with Crippen LogP contribution in [0.4, 0.5) is 0 Å². The quantitative estimate of drug-likeness (QED) is 0.526. The largest absolute Gasteiger partial charge is 0.497 e. The number of carbonyl (C=O) groups excluding carboxylic acids is 2. The number of Topliss-reactive ketones (excluding diaryl/α,β-unsaturated/α-hetero) is 2. The maximum Gasteiger partial charge on any atom is 0.196 e. The Morgan fingerprint density at radius 2 is 1.32 bits per heavy atom. The van der Waals surface area contributed by atoms with Gasteiger partial charge in [-0.2, -0.15) is 0 Å². The summed E-state index contributed by atoms with van der Waals surface area (Å²) in [4.78, 5) is 32.3. The molecular formula is C28H28N2O4. The molecular weight excluding hydrogens is 428 g/mol. The van der Waals surface area contributed by atoms with E-state index in [1.807, 2.05) is 54.6 Å². The van der Waals surface area contributed by atoms with Gasteiger partial charge in [-0.25, -0.2) is 0 Å². The molecule has 0 unspecified atom stereocenters. The molecule has 1 aliphatic carbocycles. The van der Waals surface area contributed by atoms with Crippen molar-refractivity contribution >= 4 is 11.6 Å². The number of benzene rings is 3. The number of rotatable bonds is 6. The van der Waals surface area contributed by atoms with Crippen LogP contribution in [0.1, 0.15) is 31.8 Å². The summed E-state index contributed by atoms with van der Waals surface area (Å²) in [5.41, 5.74) is 1.47. The van der Waals surface area contributed by atoms with Crippen LogP contribution in [0.3, 0.4) is 0 Å². The summed E-state index contributed by atoms with van der Waals surface area (Å²) in [6.45, 7) is 3.50. The Kier molecular flexibility index (Phi) is 5.94. The van der Waals surface area contributed by atoms with Crippen molar-refractivity contribution in [3.8, 4) is 11.5 Å². The van der Waals surface area contributed by atoms with Crippen LogP contribution in [0.15, 0.2) is 72.8 Å². The van der Waals surface area contributed by atoms with Crippen LogP contribution in [0.25, 0.3) is 0 Å². The van der Waals surface area contributed by atoms with Gasteiger partial charge in [-0.1, -0.05) is 48.5 Å². The molecule has 34 heavy (non-hydrogen) atoms. The lowest BCUT2D eigenvalue weighted by Gasteiger charge is -2.44. The van der Waals surface area contributed by atoms with Gasteiger partial charge in [0.05, 0.1) is 14.2 Å². The van der Waals surface area contributed by atoms with Gasteiger partial charge in [-0.05, 0) is 35.4 Å². The van der Waals surface area contributed by atoms with Gasteiger partial charge in [0.1, 0.15) is 11.5 Å². The molecule has 1 saturated heterocycles. The molecule has 1 fully saturated rings. The van der Waals surface area contributed by atoms with Gasteiger partial charge < -0.3 is 9.47 Å². The highest BCUT2D eigenvalue weighted by Gasteiger charge is 2.58. The van der Waals surface area contributed by atoms with Gasteiger partial charge in [-0.15, -0.1) is 0 Å². The fourth-order valence-electron chi connectivity index (χ4n) is 5.22. The molecule has 0 radical (unpaired) electrons. The van der Waals surface area contributed by atoms with Crippen molar-refractivity contribution in [3.05, 3.63) is 95.1 Å². The summed E-state index contributed by atoms with van der Waals surface area (Å²) in [7, 11) is 3.26. The maximum atomic E-state index is 13.9. The summed E-state index contributed by atoms with van der Waals surface area (Å²) in [6, 6.07) is 22.6. The third-order valence-electron chi connectivity index (χ3n) is 6.95. The molecule has 6 heteroatoms. The molecule has 0 bridgehead atoms. The van der Waals surface area contributed by atoms with Crippen molar-refractivity contribution in [1.29, 1.82) is 0 Å². The highest BCUT2D eigenvalue weighted by Crippen LogP contribution is 2.43. The first-order valence-corrected chi connectivity index (χ1v) is 11.5. The molecule has 0 N–H and O–H groups in total. The summed E-state index contributed by atoms with van der Waals surface area (Å²) in [5.74, 6) is 1.17. The molecule has 6 nitrogen and oxygen atoms in total. The first-order valence-electron chi connectivity index (χ1n) is 11.5. The zero-order chi connectivity index (χ0) is 23.7. The SMILES string of the molecule is COc1cccc(CN2CCN(C3(c4cccc(OC)c4)C(=O)c4ccccc4C3=O)CC2)c1. The average molecular weight is 457 g/mol. The van der Waals surface area contributed by atoms with Crippen molar-refractivity contribution in [2.75, 3.05) is 40.4 Å². The second kappa shape index (κ2) is 9.05. The third kappa shape index (κ3) is 3.59. The van der Waals surface area contributed by atoms with Gasteiger partial charge in [0.15, 0.2) is 17.1 Å². The van der Waals surface area contributed by atoms with Gasteiger partial charge in [0.25, 0.3) is 0 Å². The standard InChI is InChI=1S/C28H28N2O4/c1-33-22-9-5-7-20(17-22)19-29-13-15-30(16-14-29)28(21-8-6-10-23(18-21)34-2)26(31)24-11-3-4-12-25(24)27(28)32/h3-12,17-18H,13-16,19H2,1-2H3. The summed E-state index contributed by atoms with van der Waals surface area (Å²) >= 11 is 0. The summed E-state index contributed by atoms with van der Waals surface area (Å²) in [5, 5.41) is 0. The minimum atomic E-state index is -1.36. The Hall–Kier alpha value is -3.48. The number of nitrogens with zero attached hydrogens (tertiary/aromatic N) is 2. The zero-order valence-electron chi connectivity index (χ0n) is 19.5. The van der Waals surface area contributed by atoms with E-state index in [0.717, 1.165) is 25.4 Å². The molecule has 0 amide bonds. The molecule has 0 atom stereocenters. The predicted molar refractivity (Wildman–Crippen MR) is 130 cm³/mol. The molecule has 0 saturated carbocycles. The van der Waals surface area contributed by atoms with Gasteiger partial charge in [0, 0.05) is 43.9 Å². The minimum absolute atomic E-state index is 0.150. The van der Waals surface area contributed by atoms with Crippen LogP contribution < -0.4 is 9.47 Å². The van der Waals surface area contributed by atoms with Crippen LogP contribution in [0.5, 0.6) is 11.5 Å². The zero-order valence-corrected chi connectivity index (χ0v) is 19.5. The topological polar surface area (TPSA) is 59.1 Å². The lowest BCUT2D eigenvalue weighted by molar-refractivity contribution is 0.0278. The Morgan fingerprint density at radius 1 is 0.735 bits per heavy atom. The Balaban J connectivity index is 1.46. The molecule has 5 rings (SSSR count). The van der Waals surface area contributed by atoms with E-state index >= 15 is 0 Å². The van der Waals surface area contributed by atoms with Crippen LogP contribution >= 0.6 is 0 Å². The molecule has 3 aromatic rings. The number of hydrogen-bond donors (Lipinski definition) is 0. The first-order chi connectivity index (χ1) is 16.6. The van der Waals surface area contributed by atoms with E-state index < -0.39 is 5.54 Å². The van der Waals surface area contributed by atoms with E-state index in [-0.39, 0.29) is 11.6 Å². The first kappa shape index (κ1) is 22.3. The third-order valence-corrected chi connectivity index (χ3v) is 6.95. The number of ketones is 2. The van der Waals surface area contributed by atoms with Gasteiger partial charge >= 0.3 is 0 Å². The average Bonchev–Trinajstić information content (AvgIpc) is 3.12. The fourth-order valence-corrected chi connectivity index (χ4v) is 5.22. The second-order valence-electron chi connectivity index (χ2n) is 8.76. The number of piperazine rings is 1. The lowest BCUT2D eigenvalue weighted by atomic mass is 9.82. The van der Waals surface area contributed by atoms with Crippen molar-refractivity contribution in [3.63, 3.8) is 0 Å². The minimum Gasteiger partial charge on any atom is -0.497 e. The molecule has 3 aromatic carbocycles. The monoisotopic (exact) mass is 456 g/mol. The normalized spacial score (nSPS) is 18.1. The maximum absolute atomic E-state index is 13.9.